The van der Waals surface area contributed by atoms with Crippen LogP contribution in [0.4, 0.5) is 22.7 Å². The zero-order valence-corrected chi connectivity index (χ0v) is 32.3. The fourth-order valence-corrected chi connectivity index (χ4v) is 8.51. The van der Waals surface area contributed by atoms with Gasteiger partial charge in [-0.2, -0.15) is 0 Å². The van der Waals surface area contributed by atoms with Crippen LogP contribution in [0.2, 0.25) is 0 Å². The Hall–Kier alpha value is -5.64. The van der Waals surface area contributed by atoms with Crippen molar-refractivity contribution in [2.75, 3.05) is 46.6 Å². The van der Waals surface area contributed by atoms with E-state index in [4.69, 9.17) is 0 Å². The van der Waals surface area contributed by atoms with Crippen LogP contribution in [-0.4, -0.2) is 71.7 Å². The molecule has 55 heavy (non-hydrogen) atoms. The van der Waals surface area contributed by atoms with Crippen molar-refractivity contribution in [2.24, 2.45) is 0 Å². The van der Waals surface area contributed by atoms with Gasteiger partial charge in [0, 0.05) is 85.0 Å². The molecule has 0 aromatic heterocycles. The average Bonchev–Trinajstić information content (AvgIpc) is 3.47. The summed E-state index contributed by atoms with van der Waals surface area (Å²) in [5.74, 6) is 0.174. The predicted octanol–water partition coefficient (Wildman–Crippen LogP) is 8.05. The van der Waals surface area contributed by atoms with Gasteiger partial charge in [-0.1, -0.05) is 50.2 Å². The lowest BCUT2D eigenvalue weighted by atomic mass is 9.91. The van der Waals surface area contributed by atoms with E-state index in [0.29, 0.717) is 56.6 Å². The van der Waals surface area contributed by atoms with Gasteiger partial charge in [0.15, 0.2) is 0 Å². The highest BCUT2D eigenvalue weighted by molar-refractivity contribution is 5.97. The fourth-order valence-electron chi connectivity index (χ4n) is 8.51. The van der Waals surface area contributed by atoms with E-state index in [0.717, 1.165) is 46.7 Å². The van der Waals surface area contributed by atoms with Crippen LogP contribution in [0.3, 0.4) is 0 Å². The SMILES string of the molecule is CCC(=O)N1c2ccccc2[C@H](Nc2ccc(C(=O)N3CCCN(C(=O)c4ccc(N[C@@H]5C[C@H](C)N(C(=O)CC)c6ccccc65)cc4)CC3)cc2)C[C@@H]1C. The van der Waals surface area contributed by atoms with Crippen LogP contribution >= 0.6 is 0 Å². The highest BCUT2D eigenvalue weighted by Crippen LogP contribution is 2.40. The minimum atomic E-state index is -0.0394. The van der Waals surface area contributed by atoms with E-state index in [1.54, 1.807) is 0 Å². The third-order valence-electron chi connectivity index (χ3n) is 11.3. The summed E-state index contributed by atoms with van der Waals surface area (Å²) in [6.07, 6.45) is 3.19. The number of anilines is 4. The number of para-hydroxylation sites is 2. The van der Waals surface area contributed by atoms with Gasteiger partial charge in [-0.05, 0) is 105 Å². The third kappa shape index (κ3) is 7.81. The Morgan fingerprint density at radius 2 is 0.927 bits per heavy atom. The number of carbonyl (C=O) groups is 4. The molecule has 3 aliphatic heterocycles. The van der Waals surface area contributed by atoms with E-state index in [2.05, 4.69) is 36.6 Å². The van der Waals surface area contributed by atoms with Crippen LogP contribution in [0.15, 0.2) is 97.1 Å². The molecule has 4 atom stereocenters. The summed E-state index contributed by atoms with van der Waals surface area (Å²) in [4.78, 5) is 60.3. The molecule has 2 N–H and O–H groups in total. The van der Waals surface area contributed by atoms with Crippen molar-refractivity contribution < 1.29 is 19.2 Å². The zero-order valence-electron chi connectivity index (χ0n) is 32.3. The quantitative estimate of drug-likeness (QED) is 0.190. The van der Waals surface area contributed by atoms with Gasteiger partial charge in [0.2, 0.25) is 11.8 Å². The van der Waals surface area contributed by atoms with Crippen LogP contribution in [-0.2, 0) is 9.59 Å². The summed E-state index contributed by atoms with van der Waals surface area (Å²) in [7, 11) is 0. The Morgan fingerprint density at radius 1 is 0.545 bits per heavy atom. The van der Waals surface area contributed by atoms with Crippen LogP contribution in [0, 0.1) is 0 Å². The maximum absolute atomic E-state index is 13.6. The largest absolute Gasteiger partial charge is 0.378 e. The second-order valence-corrected chi connectivity index (χ2v) is 15.0. The van der Waals surface area contributed by atoms with Crippen LogP contribution in [0.5, 0.6) is 0 Å². The molecule has 3 aliphatic rings. The Morgan fingerprint density at radius 3 is 1.31 bits per heavy atom. The topological polar surface area (TPSA) is 105 Å². The van der Waals surface area contributed by atoms with E-state index in [1.807, 2.05) is 118 Å². The van der Waals surface area contributed by atoms with Crippen molar-refractivity contribution in [1.82, 2.24) is 9.80 Å². The van der Waals surface area contributed by atoms with Crippen molar-refractivity contribution in [3.8, 4) is 0 Å². The molecular weight excluding hydrogens is 689 g/mol. The summed E-state index contributed by atoms with van der Waals surface area (Å²) in [5.41, 5.74) is 7.17. The number of nitrogens with one attached hydrogen (secondary N) is 2. The molecule has 0 aliphatic carbocycles. The molecule has 0 unspecified atom stereocenters. The second-order valence-electron chi connectivity index (χ2n) is 15.0. The average molecular weight is 741 g/mol. The van der Waals surface area contributed by atoms with E-state index in [9.17, 15) is 19.2 Å². The number of hydrogen-bond donors (Lipinski definition) is 2. The standard InChI is InChI=1S/C45H52N6O4/c1-5-42(52)50-30(3)28-38(36-12-7-9-14-40(36)50)46-34-20-16-32(17-21-34)44(54)48-24-11-25-49(27-26-48)45(55)33-18-22-35(23-19-33)47-39-29-31(4)51(43(53)6-2)41-15-10-8-13-37(39)41/h7-10,12-23,30-31,38-39,46-47H,5-6,11,24-29H2,1-4H3/t30-,31-,38+,39+/m0/s1. The van der Waals surface area contributed by atoms with Gasteiger partial charge < -0.3 is 30.2 Å². The minimum absolute atomic E-state index is 0.0394. The summed E-state index contributed by atoms with van der Waals surface area (Å²) in [6.45, 7) is 10.1. The van der Waals surface area contributed by atoms with E-state index in [-0.39, 0.29) is 47.8 Å². The molecule has 4 aromatic carbocycles. The van der Waals surface area contributed by atoms with E-state index >= 15 is 0 Å². The van der Waals surface area contributed by atoms with Crippen molar-refractivity contribution >= 4 is 46.4 Å². The molecule has 4 amide bonds. The summed E-state index contributed by atoms with van der Waals surface area (Å²) >= 11 is 0. The third-order valence-corrected chi connectivity index (χ3v) is 11.3. The fraction of sp³-hybridized carbons (Fsp3) is 0.378. The second kappa shape index (κ2) is 16.4. The first-order valence-corrected chi connectivity index (χ1v) is 19.8. The predicted molar refractivity (Wildman–Crippen MR) is 219 cm³/mol. The van der Waals surface area contributed by atoms with E-state index in [1.165, 1.54) is 0 Å². The van der Waals surface area contributed by atoms with E-state index < -0.39 is 0 Å². The number of rotatable bonds is 8. The molecule has 1 fully saturated rings. The molecular formula is C45H52N6O4. The Bertz CT molecular complexity index is 1890. The summed E-state index contributed by atoms with van der Waals surface area (Å²) < 4.78 is 0. The first kappa shape index (κ1) is 37.7. The first-order valence-electron chi connectivity index (χ1n) is 19.8. The highest BCUT2D eigenvalue weighted by atomic mass is 16.2. The van der Waals surface area contributed by atoms with Crippen LogP contribution in [0.25, 0.3) is 0 Å². The lowest BCUT2D eigenvalue weighted by molar-refractivity contribution is -0.119. The molecule has 0 radical (unpaired) electrons. The molecule has 10 nitrogen and oxygen atoms in total. The van der Waals surface area contributed by atoms with Crippen LogP contribution in [0.1, 0.15) is 104 Å². The van der Waals surface area contributed by atoms with Gasteiger partial charge in [-0.25, -0.2) is 0 Å². The highest BCUT2D eigenvalue weighted by Gasteiger charge is 2.34. The maximum atomic E-state index is 13.6. The van der Waals surface area contributed by atoms with Gasteiger partial charge in [0.1, 0.15) is 0 Å². The molecule has 286 valence electrons. The molecule has 10 heteroatoms. The summed E-state index contributed by atoms with van der Waals surface area (Å²) in [6, 6.07) is 31.6. The Labute approximate surface area is 324 Å². The number of carbonyl (C=O) groups excluding carboxylic acids is 4. The van der Waals surface area contributed by atoms with Crippen molar-refractivity contribution in [3.05, 3.63) is 119 Å². The first-order chi connectivity index (χ1) is 26.7. The molecule has 4 aromatic rings. The van der Waals surface area contributed by atoms with Gasteiger partial charge in [-0.15, -0.1) is 0 Å². The number of hydrogen-bond acceptors (Lipinski definition) is 6. The normalized spacial score (nSPS) is 20.9. The maximum Gasteiger partial charge on any atom is 0.253 e. The lowest BCUT2D eigenvalue weighted by Gasteiger charge is -2.40. The molecule has 0 saturated carbocycles. The van der Waals surface area contributed by atoms with Crippen LogP contribution < -0.4 is 20.4 Å². The lowest BCUT2D eigenvalue weighted by Crippen LogP contribution is -2.44. The monoisotopic (exact) mass is 740 g/mol. The number of benzene rings is 4. The van der Waals surface area contributed by atoms with Gasteiger partial charge in [-0.3, -0.25) is 19.2 Å². The number of nitrogens with zero attached hydrogens (tertiary/aromatic N) is 4. The van der Waals surface area contributed by atoms with Gasteiger partial charge in [0.05, 0.1) is 12.1 Å². The number of fused-ring (bicyclic) bond motifs is 2. The zero-order chi connectivity index (χ0) is 38.6. The number of amides is 4. The molecule has 0 spiro atoms. The molecule has 3 heterocycles. The van der Waals surface area contributed by atoms with Gasteiger partial charge >= 0.3 is 0 Å². The molecule has 1 saturated heterocycles. The van der Waals surface area contributed by atoms with Crippen molar-refractivity contribution in [3.63, 3.8) is 0 Å². The minimum Gasteiger partial charge on any atom is -0.378 e. The summed E-state index contributed by atoms with van der Waals surface area (Å²) in [5, 5.41) is 7.29. The smallest absolute Gasteiger partial charge is 0.253 e. The molecule has 7 rings (SSSR count). The van der Waals surface area contributed by atoms with Crippen molar-refractivity contribution in [1.29, 1.82) is 0 Å². The Balaban J connectivity index is 0.945. The Kier molecular flexibility index (Phi) is 11.2. The van der Waals surface area contributed by atoms with Crippen molar-refractivity contribution in [2.45, 2.75) is 84.0 Å². The molecule has 0 bridgehead atoms. The van der Waals surface area contributed by atoms with Gasteiger partial charge in [0.25, 0.3) is 11.8 Å².